The SMILES string of the molecule is CCC1C(=O)N(C)c2cnc(-n3ccnc3-c3cncnc3)nc2N1C1CCCC1. The molecule has 9 nitrogen and oxygen atoms in total. The lowest BCUT2D eigenvalue weighted by molar-refractivity contribution is -0.120. The summed E-state index contributed by atoms with van der Waals surface area (Å²) in [5.74, 6) is 2.13. The topological polar surface area (TPSA) is 92.9 Å². The summed E-state index contributed by atoms with van der Waals surface area (Å²) < 4.78 is 1.84. The fraction of sp³-hybridized carbons (Fsp3) is 0.429. The highest BCUT2D eigenvalue weighted by molar-refractivity contribution is 6.04. The number of hydrogen-bond donors (Lipinski definition) is 0. The summed E-state index contributed by atoms with van der Waals surface area (Å²) in [7, 11) is 1.81. The molecule has 0 radical (unpaired) electrons. The zero-order chi connectivity index (χ0) is 20.7. The minimum Gasteiger partial charge on any atom is -0.340 e. The average molecular weight is 404 g/mol. The minimum absolute atomic E-state index is 0.109. The van der Waals surface area contributed by atoms with Crippen molar-refractivity contribution >= 4 is 17.4 Å². The van der Waals surface area contributed by atoms with Crippen LogP contribution in [-0.2, 0) is 4.79 Å². The van der Waals surface area contributed by atoms with Gasteiger partial charge < -0.3 is 9.80 Å². The molecule has 154 valence electrons. The predicted molar refractivity (Wildman–Crippen MR) is 112 cm³/mol. The quantitative estimate of drug-likeness (QED) is 0.660. The van der Waals surface area contributed by atoms with Gasteiger partial charge in [0.25, 0.3) is 0 Å². The molecule has 1 amide bonds. The lowest BCUT2D eigenvalue weighted by Crippen LogP contribution is -2.55. The van der Waals surface area contributed by atoms with Gasteiger partial charge in [0.05, 0.1) is 11.8 Å². The van der Waals surface area contributed by atoms with Gasteiger partial charge in [-0.15, -0.1) is 0 Å². The van der Waals surface area contributed by atoms with E-state index in [2.05, 4.69) is 31.8 Å². The van der Waals surface area contributed by atoms with E-state index in [0.29, 0.717) is 17.8 Å². The molecule has 3 aromatic heterocycles. The molecular weight excluding hydrogens is 380 g/mol. The number of rotatable bonds is 4. The molecule has 3 aromatic rings. The smallest absolute Gasteiger partial charge is 0.249 e. The number of anilines is 2. The summed E-state index contributed by atoms with van der Waals surface area (Å²) in [6, 6.07) is 0.136. The van der Waals surface area contributed by atoms with E-state index in [0.717, 1.165) is 36.3 Å². The fourth-order valence-corrected chi connectivity index (χ4v) is 4.58. The predicted octanol–water partition coefficient (Wildman–Crippen LogP) is 2.62. The number of imidazole rings is 1. The molecule has 1 aliphatic heterocycles. The van der Waals surface area contributed by atoms with Crippen LogP contribution in [0, 0.1) is 0 Å². The molecular formula is C21H24N8O. The molecule has 0 saturated heterocycles. The van der Waals surface area contributed by atoms with Gasteiger partial charge in [-0.25, -0.2) is 19.9 Å². The molecule has 1 unspecified atom stereocenters. The van der Waals surface area contributed by atoms with Crippen LogP contribution in [0.4, 0.5) is 11.5 Å². The van der Waals surface area contributed by atoms with E-state index in [1.165, 1.54) is 19.2 Å². The van der Waals surface area contributed by atoms with E-state index in [4.69, 9.17) is 4.98 Å². The summed E-state index contributed by atoms with van der Waals surface area (Å²) in [6.07, 6.45) is 15.5. The highest BCUT2D eigenvalue weighted by Crippen LogP contribution is 2.39. The van der Waals surface area contributed by atoms with E-state index in [1.54, 1.807) is 29.7 Å². The van der Waals surface area contributed by atoms with Gasteiger partial charge in [0, 0.05) is 37.9 Å². The zero-order valence-electron chi connectivity index (χ0n) is 17.1. The molecule has 0 bridgehead atoms. The van der Waals surface area contributed by atoms with Crippen LogP contribution in [-0.4, -0.2) is 54.5 Å². The Morgan fingerprint density at radius 3 is 2.60 bits per heavy atom. The Morgan fingerprint density at radius 2 is 1.87 bits per heavy atom. The van der Waals surface area contributed by atoms with Gasteiger partial charge in [0.1, 0.15) is 23.9 Å². The molecule has 1 fully saturated rings. The van der Waals surface area contributed by atoms with E-state index in [1.807, 2.05) is 17.8 Å². The third-order valence-corrected chi connectivity index (χ3v) is 6.07. The Labute approximate surface area is 174 Å². The molecule has 1 saturated carbocycles. The second kappa shape index (κ2) is 7.47. The van der Waals surface area contributed by atoms with Gasteiger partial charge in [-0.2, -0.15) is 4.98 Å². The van der Waals surface area contributed by atoms with Crippen LogP contribution in [0.25, 0.3) is 17.3 Å². The first kappa shape index (κ1) is 18.7. The first-order valence-electron chi connectivity index (χ1n) is 10.4. The molecule has 2 aliphatic rings. The van der Waals surface area contributed by atoms with Crippen molar-refractivity contribution < 1.29 is 4.79 Å². The molecule has 5 rings (SSSR count). The van der Waals surface area contributed by atoms with Crippen molar-refractivity contribution in [3.05, 3.63) is 37.3 Å². The molecule has 30 heavy (non-hydrogen) atoms. The van der Waals surface area contributed by atoms with Gasteiger partial charge in [-0.05, 0) is 19.3 Å². The van der Waals surface area contributed by atoms with Gasteiger partial charge in [0.15, 0.2) is 5.82 Å². The number of amides is 1. The molecule has 0 aromatic carbocycles. The van der Waals surface area contributed by atoms with Crippen molar-refractivity contribution in [2.24, 2.45) is 0 Å². The molecule has 9 heteroatoms. The standard InChI is InChI=1S/C21H24N8O/c1-3-16-20(30)27(2)17-12-25-21(26-19(17)29(16)15-6-4-5-7-15)28-9-8-24-18(28)14-10-22-13-23-11-14/h8-13,15-16H,3-7H2,1-2H3. The van der Waals surface area contributed by atoms with Gasteiger partial charge >= 0.3 is 0 Å². The van der Waals surface area contributed by atoms with Crippen LogP contribution in [0.2, 0.25) is 0 Å². The molecule has 0 spiro atoms. The Bertz CT molecular complexity index is 1060. The van der Waals surface area contributed by atoms with Gasteiger partial charge in [0.2, 0.25) is 11.9 Å². The van der Waals surface area contributed by atoms with E-state index in [-0.39, 0.29) is 11.9 Å². The monoisotopic (exact) mass is 404 g/mol. The number of hydrogen-bond acceptors (Lipinski definition) is 7. The van der Waals surface area contributed by atoms with Crippen LogP contribution in [0.1, 0.15) is 39.0 Å². The van der Waals surface area contributed by atoms with Gasteiger partial charge in [-0.1, -0.05) is 19.8 Å². The summed E-state index contributed by atoms with van der Waals surface area (Å²) in [6.45, 7) is 2.06. The summed E-state index contributed by atoms with van der Waals surface area (Å²) in [5, 5.41) is 0. The Balaban J connectivity index is 1.63. The van der Waals surface area contributed by atoms with Gasteiger partial charge in [-0.3, -0.25) is 9.36 Å². The van der Waals surface area contributed by atoms with E-state index in [9.17, 15) is 4.79 Å². The summed E-state index contributed by atoms with van der Waals surface area (Å²) >= 11 is 0. The Kier molecular flexibility index (Phi) is 4.65. The van der Waals surface area contributed by atoms with Crippen LogP contribution in [0.15, 0.2) is 37.3 Å². The lowest BCUT2D eigenvalue weighted by Gasteiger charge is -2.43. The second-order valence-corrected chi connectivity index (χ2v) is 7.79. The van der Waals surface area contributed by atoms with Crippen molar-refractivity contribution in [1.29, 1.82) is 0 Å². The summed E-state index contributed by atoms with van der Waals surface area (Å²) in [5.41, 5.74) is 1.54. The number of carbonyl (C=O) groups is 1. The number of nitrogens with zero attached hydrogens (tertiary/aromatic N) is 8. The number of fused-ring (bicyclic) bond motifs is 1. The fourth-order valence-electron chi connectivity index (χ4n) is 4.58. The number of likely N-dealkylation sites (N-methyl/N-ethyl adjacent to an activating group) is 1. The second-order valence-electron chi connectivity index (χ2n) is 7.79. The number of aromatic nitrogens is 6. The van der Waals surface area contributed by atoms with Crippen LogP contribution >= 0.6 is 0 Å². The maximum absolute atomic E-state index is 13.0. The molecule has 4 heterocycles. The first-order chi connectivity index (χ1) is 14.7. The lowest BCUT2D eigenvalue weighted by atomic mass is 10.0. The molecule has 0 N–H and O–H groups in total. The minimum atomic E-state index is -0.196. The zero-order valence-corrected chi connectivity index (χ0v) is 17.1. The maximum atomic E-state index is 13.0. The Morgan fingerprint density at radius 1 is 1.10 bits per heavy atom. The van der Waals surface area contributed by atoms with Crippen molar-refractivity contribution in [3.8, 4) is 17.3 Å². The summed E-state index contributed by atoms with van der Waals surface area (Å²) in [4.78, 5) is 39.1. The average Bonchev–Trinajstić information content (AvgIpc) is 3.48. The van der Waals surface area contributed by atoms with Crippen molar-refractivity contribution in [3.63, 3.8) is 0 Å². The normalized spacial score (nSPS) is 19.4. The molecule has 1 aliphatic carbocycles. The van der Waals surface area contributed by atoms with E-state index >= 15 is 0 Å². The Hall–Kier alpha value is -3.36. The third kappa shape index (κ3) is 2.92. The third-order valence-electron chi connectivity index (χ3n) is 6.07. The van der Waals surface area contributed by atoms with Crippen LogP contribution in [0.5, 0.6) is 0 Å². The largest absolute Gasteiger partial charge is 0.340 e. The van der Waals surface area contributed by atoms with E-state index < -0.39 is 0 Å². The highest BCUT2D eigenvalue weighted by atomic mass is 16.2. The van der Waals surface area contributed by atoms with Crippen LogP contribution in [0.3, 0.4) is 0 Å². The van der Waals surface area contributed by atoms with Crippen LogP contribution < -0.4 is 9.80 Å². The molecule has 1 atom stereocenters. The number of carbonyl (C=O) groups excluding carboxylic acids is 1. The first-order valence-corrected chi connectivity index (χ1v) is 10.4. The van der Waals surface area contributed by atoms with Crippen molar-refractivity contribution in [2.45, 2.75) is 51.1 Å². The maximum Gasteiger partial charge on any atom is 0.249 e. The van der Waals surface area contributed by atoms with Crippen molar-refractivity contribution in [2.75, 3.05) is 16.8 Å². The highest BCUT2D eigenvalue weighted by Gasteiger charge is 2.41. The van der Waals surface area contributed by atoms with Crippen molar-refractivity contribution in [1.82, 2.24) is 29.5 Å².